The summed E-state index contributed by atoms with van der Waals surface area (Å²) >= 11 is 11.8. The number of carbonyl (C=O) groups is 1. The summed E-state index contributed by atoms with van der Waals surface area (Å²) < 4.78 is 0. The molecule has 88 valence electrons. The lowest BCUT2D eigenvalue weighted by Gasteiger charge is -2.11. The Labute approximate surface area is 105 Å². The molecule has 0 saturated carbocycles. The second-order valence-corrected chi connectivity index (χ2v) is 4.56. The highest BCUT2D eigenvalue weighted by molar-refractivity contribution is 6.33. The van der Waals surface area contributed by atoms with Crippen LogP contribution in [0.25, 0.3) is 0 Å². The summed E-state index contributed by atoms with van der Waals surface area (Å²) in [5.74, 6) is 0. The third-order valence-electron chi connectivity index (χ3n) is 1.87. The average molecular weight is 261 g/mol. The molecule has 0 spiro atoms. The summed E-state index contributed by atoms with van der Waals surface area (Å²) in [6.07, 6.45) is 0. The van der Waals surface area contributed by atoms with Crippen molar-refractivity contribution in [1.82, 2.24) is 10.6 Å². The molecule has 1 aromatic rings. The standard InChI is InChI=1S/C11H14Cl2N2O/c1-7(2)15-11(16)14-6-8-5-9(12)3-4-10(8)13/h3-5,7H,6H2,1-2H3,(H2,14,15,16). The van der Waals surface area contributed by atoms with E-state index in [1.807, 2.05) is 13.8 Å². The van der Waals surface area contributed by atoms with Crippen molar-refractivity contribution in [3.05, 3.63) is 33.8 Å². The van der Waals surface area contributed by atoms with Crippen molar-refractivity contribution in [2.24, 2.45) is 0 Å². The van der Waals surface area contributed by atoms with Crippen LogP contribution >= 0.6 is 23.2 Å². The molecule has 5 heteroatoms. The lowest BCUT2D eigenvalue weighted by atomic mass is 10.2. The van der Waals surface area contributed by atoms with Gasteiger partial charge in [0.05, 0.1) is 0 Å². The van der Waals surface area contributed by atoms with E-state index < -0.39 is 0 Å². The minimum atomic E-state index is -0.217. The van der Waals surface area contributed by atoms with Gasteiger partial charge in [0.25, 0.3) is 0 Å². The van der Waals surface area contributed by atoms with E-state index in [0.717, 1.165) is 5.56 Å². The molecule has 0 unspecified atom stereocenters. The van der Waals surface area contributed by atoms with Gasteiger partial charge in [0.15, 0.2) is 0 Å². The summed E-state index contributed by atoms with van der Waals surface area (Å²) in [5, 5.41) is 6.62. The lowest BCUT2D eigenvalue weighted by molar-refractivity contribution is 0.238. The third-order valence-corrected chi connectivity index (χ3v) is 2.47. The molecule has 0 saturated heterocycles. The number of nitrogens with one attached hydrogen (secondary N) is 2. The van der Waals surface area contributed by atoms with Crippen LogP contribution in [0.1, 0.15) is 19.4 Å². The number of urea groups is 1. The Hall–Kier alpha value is -0.930. The maximum atomic E-state index is 11.3. The predicted molar refractivity (Wildman–Crippen MR) is 67.0 cm³/mol. The molecule has 1 aromatic carbocycles. The second-order valence-electron chi connectivity index (χ2n) is 3.72. The van der Waals surface area contributed by atoms with Gasteiger partial charge >= 0.3 is 6.03 Å². The van der Waals surface area contributed by atoms with Crippen molar-refractivity contribution in [3.8, 4) is 0 Å². The zero-order valence-electron chi connectivity index (χ0n) is 9.18. The van der Waals surface area contributed by atoms with Crippen LogP contribution in [0.4, 0.5) is 4.79 Å². The molecule has 2 N–H and O–H groups in total. The van der Waals surface area contributed by atoms with Crippen LogP contribution in [-0.4, -0.2) is 12.1 Å². The van der Waals surface area contributed by atoms with E-state index in [4.69, 9.17) is 23.2 Å². The van der Waals surface area contributed by atoms with Crippen LogP contribution in [0.2, 0.25) is 10.0 Å². The molecule has 16 heavy (non-hydrogen) atoms. The number of amides is 2. The van der Waals surface area contributed by atoms with E-state index in [2.05, 4.69) is 10.6 Å². The van der Waals surface area contributed by atoms with Crippen molar-refractivity contribution in [2.75, 3.05) is 0 Å². The maximum absolute atomic E-state index is 11.3. The van der Waals surface area contributed by atoms with Crippen LogP contribution in [-0.2, 0) is 6.54 Å². The molecule has 0 aromatic heterocycles. The second kappa shape index (κ2) is 5.97. The van der Waals surface area contributed by atoms with Gasteiger partial charge in [-0.2, -0.15) is 0 Å². The van der Waals surface area contributed by atoms with E-state index >= 15 is 0 Å². The summed E-state index contributed by atoms with van der Waals surface area (Å²) in [6.45, 7) is 4.15. The van der Waals surface area contributed by atoms with Crippen molar-refractivity contribution in [1.29, 1.82) is 0 Å². The summed E-state index contributed by atoms with van der Waals surface area (Å²) in [7, 11) is 0. The van der Waals surface area contributed by atoms with Crippen LogP contribution in [0.15, 0.2) is 18.2 Å². The smallest absolute Gasteiger partial charge is 0.315 e. The molecule has 0 fully saturated rings. The summed E-state index contributed by atoms with van der Waals surface area (Å²) in [6, 6.07) is 5.04. The van der Waals surface area contributed by atoms with Crippen LogP contribution in [0.3, 0.4) is 0 Å². The van der Waals surface area contributed by atoms with Gasteiger partial charge in [0, 0.05) is 22.6 Å². The van der Waals surface area contributed by atoms with E-state index in [-0.39, 0.29) is 12.1 Å². The van der Waals surface area contributed by atoms with Gasteiger partial charge in [0.2, 0.25) is 0 Å². The van der Waals surface area contributed by atoms with Gasteiger partial charge in [-0.15, -0.1) is 0 Å². The Balaban J connectivity index is 2.54. The summed E-state index contributed by atoms with van der Waals surface area (Å²) in [4.78, 5) is 11.3. The highest BCUT2D eigenvalue weighted by Gasteiger charge is 2.05. The number of rotatable bonds is 3. The molecule has 0 aliphatic rings. The topological polar surface area (TPSA) is 41.1 Å². The number of hydrogen-bond donors (Lipinski definition) is 2. The molecule has 0 aliphatic carbocycles. The Morgan fingerprint density at radius 2 is 2.06 bits per heavy atom. The highest BCUT2D eigenvalue weighted by atomic mass is 35.5. The first-order chi connectivity index (χ1) is 7.49. The fourth-order valence-corrected chi connectivity index (χ4v) is 1.55. The van der Waals surface area contributed by atoms with E-state index in [9.17, 15) is 4.79 Å². The van der Waals surface area contributed by atoms with E-state index in [1.54, 1.807) is 18.2 Å². The number of hydrogen-bond acceptors (Lipinski definition) is 1. The molecule has 0 atom stereocenters. The van der Waals surface area contributed by atoms with Crippen LogP contribution in [0, 0.1) is 0 Å². The minimum absolute atomic E-state index is 0.106. The van der Waals surface area contributed by atoms with Gasteiger partial charge in [-0.25, -0.2) is 4.79 Å². The number of carbonyl (C=O) groups excluding carboxylic acids is 1. The largest absolute Gasteiger partial charge is 0.336 e. The van der Waals surface area contributed by atoms with Gasteiger partial charge in [-0.05, 0) is 37.6 Å². The molecule has 2 amide bonds. The van der Waals surface area contributed by atoms with Gasteiger partial charge in [0.1, 0.15) is 0 Å². The fraction of sp³-hybridized carbons (Fsp3) is 0.364. The normalized spacial score (nSPS) is 10.3. The molecular formula is C11H14Cl2N2O. The Bertz CT molecular complexity index is 380. The fourth-order valence-electron chi connectivity index (χ4n) is 1.17. The van der Waals surface area contributed by atoms with Crippen molar-refractivity contribution in [3.63, 3.8) is 0 Å². The summed E-state index contributed by atoms with van der Waals surface area (Å²) in [5.41, 5.74) is 0.799. The first kappa shape index (κ1) is 13.1. The van der Waals surface area contributed by atoms with Gasteiger partial charge < -0.3 is 10.6 Å². The minimum Gasteiger partial charge on any atom is -0.336 e. The molecule has 3 nitrogen and oxygen atoms in total. The number of benzene rings is 1. The van der Waals surface area contributed by atoms with Crippen LogP contribution in [0.5, 0.6) is 0 Å². The van der Waals surface area contributed by atoms with Crippen LogP contribution < -0.4 is 10.6 Å². The third kappa shape index (κ3) is 4.29. The first-order valence-electron chi connectivity index (χ1n) is 4.97. The molecule has 0 heterocycles. The van der Waals surface area contributed by atoms with Gasteiger partial charge in [-0.1, -0.05) is 23.2 Å². The molecule has 0 aliphatic heterocycles. The molecule has 1 rings (SSSR count). The van der Waals surface area contributed by atoms with Crippen molar-refractivity contribution in [2.45, 2.75) is 26.4 Å². The Morgan fingerprint density at radius 1 is 1.38 bits per heavy atom. The monoisotopic (exact) mass is 260 g/mol. The van der Waals surface area contributed by atoms with E-state index in [0.29, 0.717) is 16.6 Å². The SMILES string of the molecule is CC(C)NC(=O)NCc1cc(Cl)ccc1Cl. The Morgan fingerprint density at radius 3 is 2.69 bits per heavy atom. The predicted octanol–water partition coefficient (Wildman–Crippen LogP) is 3.20. The zero-order valence-corrected chi connectivity index (χ0v) is 10.7. The van der Waals surface area contributed by atoms with Gasteiger partial charge in [-0.3, -0.25) is 0 Å². The average Bonchev–Trinajstić information content (AvgIpc) is 2.18. The first-order valence-corrected chi connectivity index (χ1v) is 5.73. The lowest BCUT2D eigenvalue weighted by Crippen LogP contribution is -2.39. The zero-order chi connectivity index (χ0) is 12.1. The quantitative estimate of drug-likeness (QED) is 0.861. The molecule has 0 radical (unpaired) electrons. The number of halogens is 2. The highest BCUT2D eigenvalue weighted by Crippen LogP contribution is 2.20. The van der Waals surface area contributed by atoms with E-state index in [1.165, 1.54) is 0 Å². The molecule has 0 bridgehead atoms. The Kier molecular flexibility index (Phi) is 4.90. The van der Waals surface area contributed by atoms with Crippen molar-refractivity contribution < 1.29 is 4.79 Å². The molecular weight excluding hydrogens is 247 g/mol. The maximum Gasteiger partial charge on any atom is 0.315 e. The van der Waals surface area contributed by atoms with Crippen molar-refractivity contribution >= 4 is 29.2 Å².